The van der Waals surface area contributed by atoms with E-state index in [1.165, 1.54) is 30.3 Å². The van der Waals surface area contributed by atoms with Crippen molar-refractivity contribution in [2.45, 2.75) is 6.92 Å². The third-order valence-electron chi connectivity index (χ3n) is 3.04. The van der Waals surface area contributed by atoms with Crippen LogP contribution in [0.3, 0.4) is 0 Å². The molecular weight excluding hydrogens is 311 g/mol. The molecule has 0 aliphatic carbocycles. The van der Waals surface area contributed by atoms with Crippen molar-refractivity contribution in [2.24, 2.45) is 0 Å². The standard InChI is InChI=1S/C18H17FN2O3/c1-2-24-16-6-4-3-5-13(16)9-12-17(22)20-21-18(23)14-7-10-15(19)11-8-14/h3-12H,2H2,1H3,(H,20,22)(H,21,23)/b12-9+. The van der Waals surface area contributed by atoms with Crippen molar-refractivity contribution in [1.29, 1.82) is 0 Å². The minimum absolute atomic E-state index is 0.238. The van der Waals surface area contributed by atoms with Gasteiger partial charge in [0.25, 0.3) is 11.8 Å². The maximum Gasteiger partial charge on any atom is 0.269 e. The van der Waals surface area contributed by atoms with E-state index in [0.29, 0.717) is 12.4 Å². The van der Waals surface area contributed by atoms with Crippen LogP contribution in [0, 0.1) is 5.82 Å². The van der Waals surface area contributed by atoms with Gasteiger partial charge < -0.3 is 4.74 Å². The van der Waals surface area contributed by atoms with Gasteiger partial charge in [0.05, 0.1) is 6.61 Å². The molecule has 0 spiro atoms. The zero-order valence-corrected chi connectivity index (χ0v) is 13.1. The second-order valence-electron chi connectivity index (χ2n) is 4.75. The molecule has 0 bridgehead atoms. The molecular formula is C18H17FN2O3. The first-order chi connectivity index (χ1) is 11.6. The van der Waals surface area contributed by atoms with Gasteiger partial charge in [-0.3, -0.25) is 20.4 Å². The summed E-state index contributed by atoms with van der Waals surface area (Å²) in [6.45, 7) is 2.39. The van der Waals surface area contributed by atoms with Crippen LogP contribution >= 0.6 is 0 Å². The number of hydrazine groups is 1. The van der Waals surface area contributed by atoms with Crippen molar-refractivity contribution in [3.8, 4) is 5.75 Å². The van der Waals surface area contributed by atoms with Gasteiger partial charge >= 0.3 is 0 Å². The quantitative estimate of drug-likeness (QED) is 0.655. The van der Waals surface area contributed by atoms with Crippen molar-refractivity contribution in [3.63, 3.8) is 0 Å². The highest BCUT2D eigenvalue weighted by molar-refractivity contribution is 5.98. The monoisotopic (exact) mass is 328 g/mol. The van der Waals surface area contributed by atoms with Gasteiger partial charge in [-0.25, -0.2) is 4.39 Å². The predicted octanol–water partition coefficient (Wildman–Crippen LogP) is 2.70. The minimum atomic E-state index is -0.536. The number of hydrogen-bond acceptors (Lipinski definition) is 3. The van der Waals surface area contributed by atoms with Gasteiger partial charge in [-0.1, -0.05) is 18.2 Å². The van der Waals surface area contributed by atoms with Crippen LogP contribution in [0.15, 0.2) is 54.6 Å². The summed E-state index contributed by atoms with van der Waals surface area (Å²) in [6.07, 6.45) is 2.87. The molecule has 124 valence electrons. The van der Waals surface area contributed by atoms with Gasteiger partial charge in [-0.2, -0.15) is 0 Å². The Kier molecular flexibility index (Phi) is 6.08. The van der Waals surface area contributed by atoms with Crippen molar-refractivity contribution in [2.75, 3.05) is 6.61 Å². The van der Waals surface area contributed by atoms with Crippen LogP contribution in [-0.2, 0) is 4.79 Å². The molecule has 24 heavy (non-hydrogen) atoms. The minimum Gasteiger partial charge on any atom is -0.493 e. The molecule has 0 radical (unpaired) electrons. The summed E-state index contributed by atoms with van der Waals surface area (Å²) in [4.78, 5) is 23.5. The predicted molar refractivity (Wildman–Crippen MR) is 88.7 cm³/mol. The van der Waals surface area contributed by atoms with Crippen LogP contribution in [0.25, 0.3) is 6.08 Å². The number of ether oxygens (including phenoxy) is 1. The first kappa shape index (κ1) is 17.2. The Hall–Kier alpha value is -3.15. The first-order valence-electron chi connectivity index (χ1n) is 7.36. The normalized spacial score (nSPS) is 10.4. The van der Waals surface area contributed by atoms with Crippen LogP contribution in [0.4, 0.5) is 4.39 Å². The topological polar surface area (TPSA) is 67.4 Å². The lowest BCUT2D eigenvalue weighted by atomic mass is 10.2. The van der Waals surface area contributed by atoms with E-state index >= 15 is 0 Å². The Morgan fingerprint density at radius 2 is 1.79 bits per heavy atom. The van der Waals surface area contributed by atoms with E-state index in [4.69, 9.17) is 4.74 Å². The number of benzene rings is 2. The molecule has 0 fully saturated rings. The molecule has 0 saturated carbocycles. The number of rotatable bonds is 5. The van der Waals surface area contributed by atoms with Crippen LogP contribution in [-0.4, -0.2) is 18.4 Å². The van der Waals surface area contributed by atoms with Gasteiger partial charge in [-0.05, 0) is 43.3 Å². The van der Waals surface area contributed by atoms with Crippen LogP contribution < -0.4 is 15.6 Å². The molecule has 2 aromatic rings. The van der Waals surface area contributed by atoms with Crippen LogP contribution in [0.2, 0.25) is 0 Å². The van der Waals surface area contributed by atoms with E-state index in [2.05, 4.69) is 10.9 Å². The summed E-state index contributed by atoms with van der Waals surface area (Å²) >= 11 is 0. The van der Waals surface area contributed by atoms with Gasteiger partial charge in [-0.15, -0.1) is 0 Å². The number of para-hydroxylation sites is 1. The molecule has 0 aliphatic rings. The fraction of sp³-hybridized carbons (Fsp3) is 0.111. The Balaban J connectivity index is 1.91. The smallest absolute Gasteiger partial charge is 0.269 e. The van der Waals surface area contributed by atoms with Gasteiger partial charge in [0, 0.05) is 17.2 Å². The van der Waals surface area contributed by atoms with Crippen molar-refractivity contribution in [3.05, 3.63) is 71.6 Å². The fourth-order valence-electron chi connectivity index (χ4n) is 1.90. The number of nitrogens with one attached hydrogen (secondary N) is 2. The molecule has 2 rings (SSSR count). The zero-order valence-electron chi connectivity index (χ0n) is 13.1. The molecule has 2 amide bonds. The SMILES string of the molecule is CCOc1ccccc1/C=C/C(=O)NNC(=O)c1ccc(F)cc1. The van der Waals surface area contributed by atoms with Crippen molar-refractivity contribution < 1.29 is 18.7 Å². The molecule has 5 nitrogen and oxygen atoms in total. The summed E-state index contributed by atoms with van der Waals surface area (Å²) in [5.41, 5.74) is 5.50. The van der Waals surface area contributed by atoms with Crippen molar-refractivity contribution in [1.82, 2.24) is 10.9 Å². The molecule has 6 heteroatoms. The lowest BCUT2D eigenvalue weighted by Gasteiger charge is -2.07. The summed E-state index contributed by atoms with van der Waals surface area (Å²) in [5, 5.41) is 0. The molecule has 0 unspecified atom stereocenters. The Morgan fingerprint density at radius 3 is 2.50 bits per heavy atom. The van der Waals surface area contributed by atoms with E-state index in [1.807, 2.05) is 25.1 Å². The Labute approximate surface area is 139 Å². The maximum absolute atomic E-state index is 12.8. The Morgan fingerprint density at radius 1 is 1.08 bits per heavy atom. The zero-order chi connectivity index (χ0) is 17.4. The van der Waals surface area contributed by atoms with E-state index in [9.17, 15) is 14.0 Å². The Bertz CT molecular complexity index is 742. The highest BCUT2D eigenvalue weighted by Crippen LogP contribution is 2.19. The average Bonchev–Trinajstić information content (AvgIpc) is 2.60. The largest absolute Gasteiger partial charge is 0.493 e. The fourth-order valence-corrected chi connectivity index (χ4v) is 1.90. The van der Waals surface area contributed by atoms with E-state index in [0.717, 1.165) is 5.56 Å². The highest BCUT2D eigenvalue weighted by atomic mass is 19.1. The van der Waals surface area contributed by atoms with Gasteiger partial charge in [0.1, 0.15) is 11.6 Å². The van der Waals surface area contributed by atoms with Crippen LogP contribution in [0.5, 0.6) is 5.75 Å². The lowest BCUT2D eigenvalue weighted by Crippen LogP contribution is -2.40. The molecule has 0 atom stereocenters. The second kappa shape index (κ2) is 8.47. The number of hydrogen-bond donors (Lipinski definition) is 2. The second-order valence-corrected chi connectivity index (χ2v) is 4.75. The number of carbonyl (C=O) groups is 2. The van der Waals surface area contributed by atoms with Gasteiger partial charge in [0.2, 0.25) is 0 Å². The molecule has 0 aliphatic heterocycles. The maximum atomic E-state index is 12.8. The van der Waals surface area contributed by atoms with E-state index in [-0.39, 0.29) is 5.56 Å². The van der Waals surface area contributed by atoms with Gasteiger partial charge in [0.15, 0.2) is 0 Å². The van der Waals surface area contributed by atoms with Crippen molar-refractivity contribution >= 4 is 17.9 Å². The summed E-state index contributed by atoms with van der Waals surface area (Å²) < 4.78 is 18.2. The first-order valence-corrected chi connectivity index (χ1v) is 7.36. The third-order valence-corrected chi connectivity index (χ3v) is 3.04. The molecule has 0 aromatic heterocycles. The molecule has 2 N–H and O–H groups in total. The summed E-state index contributed by atoms with van der Waals surface area (Å²) in [6, 6.07) is 12.3. The summed E-state index contributed by atoms with van der Waals surface area (Å²) in [5.74, 6) is -0.811. The third kappa shape index (κ3) is 4.95. The average molecular weight is 328 g/mol. The number of amides is 2. The highest BCUT2D eigenvalue weighted by Gasteiger charge is 2.06. The van der Waals surface area contributed by atoms with E-state index < -0.39 is 17.6 Å². The number of halogens is 1. The molecule has 2 aromatic carbocycles. The van der Waals surface area contributed by atoms with Crippen LogP contribution in [0.1, 0.15) is 22.8 Å². The number of carbonyl (C=O) groups excluding carboxylic acids is 2. The lowest BCUT2D eigenvalue weighted by molar-refractivity contribution is -0.117. The summed E-state index contributed by atoms with van der Waals surface area (Å²) in [7, 11) is 0. The molecule has 0 heterocycles. The van der Waals surface area contributed by atoms with E-state index in [1.54, 1.807) is 12.1 Å². The molecule has 0 saturated heterocycles.